The SMILES string of the molecule is CN1CC2(CCCNCCCCn3nccc3C1=O)CN(C(=O)OC(C)(C)C)CCO2. The molecule has 0 aliphatic carbocycles. The van der Waals surface area contributed by atoms with E-state index >= 15 is 0 Å². The Balaban J connectivity index is 1.79. The first-order valence-corrected chi connectivity index (χ1v) is 11.3. The fraction of sp³-hybridized carbons (Fsp3) is 0.773. The van der Waals surface area contributed by atoms with Gasteiger partial charge in [0, 0.05) is 26.3 Å². The number of hydrogen-bond acceptors (Lipinski definition) is 6. The number of morpholine rings is 1. The van der Waals surface area contributed by atoms with Crippen LogP contribution in [0, 0.1) is 0 Å². The van der Waals surface area contributed by atoms with Gasteiger partial charge < -0.3 is 24.6 Å². The fourth-order valence-corrected chi connectivity index (χ4v) is 4.22. The van der Waals surface area contributed by atoms with Crippen LogP contribution in [0.4, 0.5) is 4.79 Å². The summed E-state index contributed by atoms with van der Waals surface area (Å²) in [6, 6.07) is 1.77. The van der Waals surface area contributed by atoms with Crippen LogP contribution in [-0.2, 0) is 16.0 Å². The Morgan fingerprint density at radius 3 is 2.74 bits per heavy atom. The third-order valence-electron chi connectivity index (χ3n) is 5.67. The second kappa shape index (κ2) is 9.99. The molecule has 1 aromatic rings. The number of aryl methyl sites for hydroxylation is 1. The molecule has 1 atom stereocenters. The molecule has 1 unspecified atom stereocenters. The average Bonchev–Trinajstić information content (AvgIpc) is 3.16. The number of hydrogen-bond donors (Lipinski definition) is 1. The second-order valence-electron chi connectivity index (χ2n) is 9.59. The molecule has 1 spiro atoms. The Morgan fingerprint density at radius 2 is 1.97 bits per heavy atom. The Kier molecular flexibility index (Phi) is 7.59. The summed E-state index contributed by atoms with van der Waals surface area (Å²) in [5.74, 6) is -0.0787. The van der Waals surface area contributed by atoms with Gasteiger partial charge >= 0.3 is 6.09 Å². The lowest BCUT2D eigenvalue weighted by Crippen LogP contribution is -2.59. The zero-order valence-electron chi connectivity index (χ0n) is 19.4. The third-order valence-corrected chi connectivity index (χ3v) is 5.67. The van der Waals surface area contributed by atoms with Crippen molar-refractivity contribution in [2.24, 2.45) is 0 Å². The lowest BCUT2D eigenvalue weighted by Gasteiger charge is -2.44. The summed E-state index contributed by atoms with van der Waals surface area (Å²) in [5, 5.41) is 7.83. The fourth-order valence-electron chi connectivity index (χ4n) is 4.22. The van der Waals surface area contributed by atoms with Gasteiger partial charge in [-0.2, -0.15) is 5.10 Å². The number of carbonyl (C=O) groups excluding carboxylic acids is 2. The van der Waals surface area contributed by atoms with E-state index in [4.69, 9.17) is 9.47 Å². The van der Waals surface area contributed by atoms with Crippen LogP contribution in [0.3, 0.4) is 0 Å². The number of nitrogens with zero attached hydrogens (tertiary/aromatic N) is 4. The van der Waals surface area contributed by atoms with Crippen molar-refractivity contribution in [3.8, 4) is 0 Å². The smallest absolute Gasteiger partial charge is 0.410 e. The number of rotatable bonds is 0. The molecular weight excluding hydrogens is 398 g/mol. The van der Waals surface area contributed by atoms with Crippen LogP contribution in [0.15, 0.2) is 12.3 Å². The van der Waals surface area contributed by atoms with Gasteiger partial charge in [0.2, 0.25) is 0 Å². The Labute approximate surface area is 185 Å². The van der Waals surface area contributed by atoms with Gasteiger partial charge in [-0.05, 0) is 65.6 Å². The molecule has 2 amide bonds. The standard InChI is InChI=1S/C22H37N5O4/c1-21(2,3)31-20(29)26-14-15-30-22(17-26)9-7-11-23-10-5-6-13-27-18(8-12-24-27)19(28)25(4)16-22/h8,12,23H,5-7,9-11,13-17H2,1-4H3. The van der Waals surface area contributed by atoms with Gasteiger partial charge in [-0.25, -0.2) is 4.79 Å². The minimum Gasteiger partial charge on any atom is -0.444 e. The number of amides is 2. The third kappa shape index (κ3) is 6.43. The summed E-state index contributed by atoms with van der Waals surface area (Å²) in [6.45, 7) is 9.83. The monoisotopic (exact) mass is 435 g/mol. The van der Waals surface area contributed by atoms with Crippen LogP contribution in [0.5, 0.6) is 0 Å². The summed E-state index contributed by atoms with van der Waals surface area (Å²) >= 11 is 0. The van der Waals surface area contributed by atoms with Gasteiger partial charge in [0.25, 0.3) is 5.91 Å². The number of nitrogens with one attached hydrogen (secondary N) is 1. The number of ether oxygens (including phenoxy) is 2. The quantitative estimate of drug-likeness (QED) is 0.672. The topological polar surface area (TPSA) is 88.9 Å². The molecule has 0 saturated carbocycles. The van der Waals surface area contributed by atoms with Gasteiger partial charge in [0.15, 0.2) is 0 Å². The highest BCUT2D eigenvalue weighted by atomic mass is 16.6. The van der Waals surface area contributed by atoms with E-state index in [1.807, 2.05) is 20.8 Å². The van der Waals surface area contributed by atoms with Crippen LogP contribution in [0.25, 0.3) is 0 Å². The number of fused-ring (bicyclic) bond motifs is 1. The van der Waals surface area contributed by atoms with Gasteiger partial charge in [-0.1, -0.05) is 0 Å². The summed E-state index contributed by atoms with van der Waals surface area (Å²) in [5.41, 5.74) is -0.598. The van der Waals surface area contributed by atoms with Gasteiger partial charge in [0.05, 0.1) is 19.7 Å². The number of aromatic nitrogens is 2. The van der Waals surface area contributed by atoms with Gasteiger partial charge in [0.1, 0.15) is 16.9 Å². The molecule has 0 bridgehead atoms. The first kappa shape index (κ1) is 23.5. The van der Waals surface area contributed by atoms with E-state index in [0.29, 0.717) is 31.9 Å². The molecule has 1 N–H and O–H groups in total. The predicted octanol–water partition coefficient (Wildman–Crippen LogP) is 2.12. The molecule has 9 heteroatoms. The molecule has 3 rings (SSSR count). The number of likely N-dealkylation sites (N-methyl/N-ethyl adjacent to an activating group) is 1. The highest BCUT2D eigenvalue weighted by Gasteiger charge is 2.41. The zero-order chi connectivity index (χ0) is 22.5. The lowest BCUT2D eigenvalue weighted by molar-refractivity contribution is -0.120. The maximum atomic E-state index is 13.2. The highest BCUT2D eigenvalue weighted by Crippen LogP contribution is 2.27. The second-order valence-corrected chi connectivity index (χ2v) is 9.59. The number of carbonyl (C=O) groups is 2. The van der Waals surface area contributed by atoms with E-state index in [2.05, 4.69) is 10.4 Å². The largest absolute Gasteiger partial charge is 0.444 e. The normalized spacial score (nSPS) is 24.6. The molecule has 9 nitrogen and oxygen atoms in total. The summed E-state index contributed by atoms with van der Waals surface area (Å²) < 4.78 is 13.6. The van der Waals surface area contributed by atoms with E-state index in [1.54, 1.807) is 33.8 Å². The van der Waals surface area contributed by atoms with Gasteiger partial charge in [-0.15, -0.1) is 0 Å². The van der Waals surface area contributed by atoms with Crippen molar-refractivity contribution in [1.82, 2.24) is 24.9 Å². The summed E-state index contributed by atoms with van der Waals surface area (Å²) in [7, 11) is 1.79. The summed E-state index contributed by atoms with van der Waals surface area (Å²) in [4.78, 5) is 29.3. The van der Waals surface area contributed by atoms with Crippen molar-refractivity contribution in [2.75, 3.05) is 46.4 Å². The first-order valence-electron chi connectivity index (χ1n) is 11.3. The molecule has 174 valence electrons. The molecule has 2 aliphatic heterocycles. The van der Waals surface area contributed by atoms with Gasteiger partial charge in [-0.3, -0.25) is 9.48 Å². The first-order chi connectivity index (χ1) is 14.7. The maximum Gasteiger partial charge on any atom is 0.410 e. The van der Waals surface area contributed by atoms with E-state index in [0.717, 1.165) is 45.3 Å². The minimum atomic E-state index is -0.629. The Morgan fingerprint density at radius 1 is 1.19 bits per heavy atom. The van der Waals surface area contributed by atoms with Crippen molar-refractivity contribution in [3.05, 3.63) is 18.0 Å². The van der Waals surface area contributed by atoms with Crippen LogP contribution in [0.2, 0.25) is 0 Å². The van der Waals surface area contributed by atoms with Crippen molar-refractivity contribution in [1.29, 1.82) is 0 Å². The molecule has 3 heterocycles. The van der Waals surface area contributed by atoms with Crippen LogP contribution < -0.4 is 5.32 Å². The Hall–Kier alpha value is -2.13. The predicted molar refractivity (Wildman–Crippen MR) is 117 cm³/mol. The molecule has 1 fully saturated rings. The highest BCUT2D eigenvalue weighted by molar-refractivity contribution is 5.92. The molecule has 2 aliphatic rings. The lowest BCUT2D eigenvalue weighted by atomic mass is 9.94. The van der Waals surface area contributed by atoms with E-state index in [-0.39, 0.29) is 12.0 Å². The van der Waals surface area contributed by atoms with E-state index in [9.17, 15) is 9.59 Å². The van der Waals surface area contributed by atoms with Crippen molar-refractivity contribution in [2.45, 2.75) is 64.2 Å². The molecular formula is C22H37N5O4. The zero-order valence-corrected chi connectivity index (χ0v) is 19.4. The molecule has 0 aromatic carbocycles. The average molecular weight is 436 g/mol. The van der Waals surface area contributed by atoms with Crippen LogP contribution in [-0.4, -0.2) is 89.2 Å². The van der Waals surface area contributed by atoms with Crippen LogP contribution >= 0.6 is 0 Å². The van der Waals surface area contributed by atoms with Crippen molar-refractivity contribution >= 4 is 12.0 Å². The van der Waals surface area contributed by atoms with E-state index in [1.165, 1.54) is 0 Å². The molecule has 1 aromatic heterocycles. The van der Waals surface area contributed by atoms with Crippen molar-refractivity contribution < 1.29 is 19.1 Å². The molecule has 31 heavy (non-hydrogen) atoms. The van der Waals surface area contributed by atoms with E-state index < -0.39 is 11.2 Å². The maximum absolute atomic E-state index is 13.2. The Bertz CT molecular complexity index is 759. The van der Waals surface area contributed by atoms with Crippen LogP contribution in [0.1, 0.15) is 56.9 Å². The minimum absolute atomic E-state index is 0.0787. The van der Waals surface area contributed by atoms with Crippen molar-refractivity contribution in [3.63, 3.8) is 0 Å². The molecule has 1 saturated heterocycles. The summed E-state index contributed by atoms with van der Waals surface area (Å²) in [6.07, 6.45) is 4.99. The molecule has 0 radical (unpaired) electrons.